The lowest BCUT2D eigenvalue weighted by Gasteiger charge is -2.15. The molecule has 1 aromatic heterocycles. The van der Waals surface area contributed by atoms with E-state index in [0.29, 0.717) is 0 Å². The molecule has 106 valence electrons. The first-order valence-corrected chi connectivity index (χ1v) is 7.06. The van der Waals surface area contributed by atoms with Gasteiger partial charge in [-0.1, -0.05) is 17.3 Å². The van der Waals surface area contributed by atoms with Crippen molar-refractivity contribution in [1.29, 1.82) is 0 Å². The van der Waals surface area contributed by atoms with Crippen LogP contribution < -0.4 is 10.1 Å². The van der Waals surface area contributed by atoms with E-state index in [9.17, 15) is 0 Å². The first-order valence-electron chi connectivity index (χ1n) is 7.06. The number of nitrogens with zero attached hydrogens (tertiary/aromatic N) is 1. The minimum atomic E-state index is 0.287. The topological polar surface area (TPSA) is 47.3 Å². The maximum Gasteiger partial charge on any atom is 0.138 e. The van der Waals surface area contributed by atoms with Crippen LogP contribution in [0.1, 0.15) is 41.1 Å². The molecule has 20 heavy (non-hydrogen) atoms. The third-order valence-electron chi connectivity index (χ3n) is 3.98. The van der Waals surface area contributed by atoms with Gasteiger partial charge in [-0.05, 0) is 38.0 Å². The van der Waals surface area contributed by atoms with Gasteiger partial charge in [-0.2, -0.15) is 0 Å². The van der Waals surface area contributed by atoms with Gasteiger partial charge < -0.3 is 14.6 Å². The van der Waals surface area contributed by atoms with Gasteiger partial charge in [0.1, 0.15) is 11.5 Å². The van der Waals surface area contributed by atoms with Crippen molar-refractivity contribution in [2.24, 2.45) is 0 Å². The molecule has 4 heteroatoms. The fourth-order valence-corrected chi connectivity index (χ4v) is 2.60. The molecule has 1 aliphatic rings. The maximum atomic E-state index is 5.54. The quantitative estimate of drug-likeness (QED) is 0.929. The summed E-state index contributed by atoms with van der Waals surface area (Å²) >= 11 is 0. The molecule has 1 atom stereocenters. The second-order valence-corrected chi connectivity index (χ2v) is 5.37. The van der Waals surface area contributed by atoms with Crippen molar-refractivity contribution in [3.63, 3.8) is 0 Å². The Balaban J connectivity index is 1.69. The molecule has 0 amide bonds. The lowest BCUT2D eigenvalue weighted by Crippen LogP contribution is -2.18. The Morgan fingerprint density at radius 1 is 1.35 bits per heavy atom. The van der Waals surface area contributed by atoms with Crippen molar-refractivity contribution >= 4 is 0 Å². The van der Waals surface area contributed by atoms with Crippen LogP contribution in [0.4, 0.5) is 0 Å². The Morgan fingerprint density at radius 3 is 2.95 bits per heavy atom. The van der Waals surface area contributed by atoms with Crippen molar-refractivity contribution in [2.75, 3.05) is 6.61 Å². The summed E-state index contributed by atoms with van der Waals surface area (Å²) in [5.74, 6) is 1.93. The molecule has 0 spiro atoms. The highest BCUT2D eigenvalue weighted by Gasteiger charge is 2.15. The zero-order valence-corrected chi connectivity index (χ0v) is 12.2. The number of ether oxygens (including phenoxy) is 1. The zero-order valence-electron chi connectivity index (χ0n) is 12.2. The lowest BCUT2D eigenvalue weighted by atomic mass is 10.0. The average Bonchev–Trinajstić information content (AvgIpc) is 3.03. The molecule has 0 bridgehead atoms. The van der Waals surface area contributed by atoms with Crippen LogP contribution >= 0.6 is 0 Å². The summed E-state index contributed by atoms with van der Waals surface area (Å²) in [4.78, 5) is 0. The SMILES string of the molecule is Cc1noc(C)c1CNC(C)c1ccc2c(c1)CCO2. The number of hydrogen-bond acceptors (Lipinski definition) is 4. The van der Waals surface area contributed by atoms with Gasteiger partial charge in [0.25, 0.3) is 0 Å². The van der Waals surface area contributed by atoms with Gasteiger partial charge in [-0.3, -0.25) is 0 Å². The number of aryl methyl sites for hydroxylation is 2. The van der Waals surface area contributed by atoms with E-state index in [1.165, 1.54) is 11.1 Å². The van der Waals surface area contributed by atoms with Gasteiger partial charge in [0.05, 0.1) is 12.3 Å². The number of hydrogen-bond donors (Lipinski definition) is 1. The predicted octanol–water partition coefficient (Wildman–Crippen LogP) is 3.08. The molecule has 1 unspecified atom stereocenters. The van der Waals surface area contributed by atoms with Gasteiger partial charge in [-0.25, -0.2) is 0 Å². The second kappa shape index (κ2) is 5.29. The Kier molecular flexibility index (Phi) is 3.49. The normalized spacial score (nSPS) is 14.9. The fourth-order valence-electron chi connectivity index (χ4n) is 2.60. The molecule has 1 aromatic carbocycles. The van der Waals surface area contributed by atoms with Crippen LogP contribution in [-0.2, 0) is 13.0 Å². The van der Waals surface area contributed by atoms with Gasteiger partial charge >= 0.3 is 0 Å². The van der Waals surface area contributed by atoms with E-state index in [1.807, 2.05) is 13.8 Å². The molecular formula is C16H20N2O2. The minimum Gasteiger partial charge on any atom is -0.493 e. The van der Waals surface area contributed by atoms with Gasteiger partial charge in [0, 0.05) is 24.6 Å². The number of benzene rings is 1. The molecule has 0 saturated carbocycles. The summed E-state index contributed by atoms with van der Waals surface area (Å²) < 4.78 is 10.7. The standard InChI is InChI=1S/C16H20N2O2/c1-10(17-9-15-11(2)18-20-12(15)3)13-4-5-16-14(8-13)6-7-19-16/h4-5,8,10,17H,6-7,9H2,1-3H3. The van der Waals surface area contributed by atoms with Gasteiger partial charge in [0.2, 0.25) is 0 Å². The van der Waals surface area contributed by atoms with Crippen molar-refractivity contribution in [3.05, 3.63) is 46.3 Å². The van der Waals surface area contributed by atoms with Crippen LogP contribution in [0, 0.1) is 13.8 Å². The second-order valence-electron chi connectivity index (χ2n) is 5.37. The van der Waals surface area contributed by atoms with Crippen LogP contribution in [0.3, 0.4) is 0 Å². The van der Waals surface area contributed by atoms with E-state index >= 15 is 0 Å². The van der Waals surface area contributed by atoms with Crippen molar-refractivity contribution in [2.45, 2.75) is 39.8 Å². The summed E-state index contributed by atoms with van der Waals surface area (Å²) in [7, 11) is 0. The molecule has 2 heterocycles. The molecule has 4 nitrogen and oxygen atoms in total. The molecule has 1 aliphatic heterocycles. The summed E-state index contributed by atoms with van der Waals surface area (Å²) in [6.45, 7) is 7.69. The summed E-state index contributed by atoms with van der Waals surface area (Å²) in [5.41, 5.74) is 4.72. The van der Waals surface area contributed by atoms with Crippen LogP contribution in [0.25, 0.3) is 0 Å². The van der Waals surface area contributed by atoms with Crippen molar-refractivity contribution < 1.29 is 9.26 Å². The van der Waals surface area contributed by atoms with Gasteiger partial charge in [0.15, 0.2) is 0 Å². The Labute approximate surface area is 119 Å². The van der Waals surface area contributed by atoms with E-state index in [1.54, 1.807) is 0 Å². The number of aromatic nitrogens is 1. The van der Waals surface area contributed by atoms with Crippen molar-refractivity contribution in [3.8, 4) is 5.75 Å². The number of nitrogens with one attached hydrogen (secondary N) is 1. The molecule has 3 rings (SSSR count). The maximum absolute atomic E-state index is 5.54. The Hall–Kier alpha value is -1.81. The Bertz CT molecular complexity index is 599. The highest BCUT2D eigenvalue weighted by molar-refractivity contribution is 5.40. The molecule has 1 N–H and O–H groups in total. The van der Waals surface area contributed by atoms with E-state index in [0.717, 1.165) is 42.3 Å². The van der Waals surface area contributed by atoms with E-state index in [-0.39, 0.29) is 6.04 Å². The molecule has 0 radical (unpaired) electrons. The highest BCUT2D eigenvalue weighted by atomic mass is 16.5. The van der Waals surface area contributed by atoms with Crippen molar-refractivity contribution in [1.82, 2.24) is 10.5 Å². The average molecular weight is 272 g/mol. The van der Waals surface area contributed by atoms with Gasteiger partial charge in [-0.15, -0.1) is 0 Å². The monoisotopic (exact) mass is 272 g/mol. The predicted molar refractivity (Wildman–Crippen MR) is 76.9 cm³/mol. The summed E-state index contributed by atoms with van der Waals surface area (Å²) in [6.07, 6.45) is 1.01. The molecular weight excluding hydrogens is 252 g/mol. The first kappa shape index (κ1) is 13.2. The smallest absolute Gasteiger partial charge is 0.138 e. The first-order chi connectivity index (χ1) is 9.65. The van der Waals surface area contributed by atoms with E-state index in [4.69, 9.17) is 9.26 Å². The number of fused-ring (bicyclic) bond motifs is 1. The highest BCUT2D eigenvalue weighted by Crippen LogP contribution is 2.28. The summed E-state index contributed by atoms with van der Waals surface area (Å²) in [6, 6.07) is 6.74. The minimum absolute atomic E-state index is 0.287. The Morgan fingerprint density at radius 2 is 2.20 bits per heavy atom. The summed E-state index contributed by atoms with van der Waals surface area (Å²) in [5, 5.41) is 7.52. The van der Waals surface area contributed by atoms with Crippen LogP contribution in [0.15, 0.2) is 22.7 Å². The third kappa shape index (κ3) is 2.43. The lowest BCUT2D eigenvalue weighted by molar-refractivity contribution is 0.356. The fraction of sp³-hybridized carbons (Fsp3) is 0.438. The molecule has 0 fully saturated rings. The molecule has 2 aromatic rings. The van der Waals surface area contributed by atoms with E-state index < -0.39 is 0 Å². The van der Waals surface area contributed by atoms with Crippen LogP contribution in [0.2, 0.25) is 0 Å². The number of rotatable bonds is 4. The van der Waals surface area contributed by atoms with Crippen LogP contribution in [-0.4, -0.2) is 11.8 Å². The largest absolute Gasteiger partial charge is 0.493 e. The van der Waals surface area contributed by atoms with E-state index in [2.05, 4.69) is 35.6 Å². The molecule has 0 saturated heterocycles. The molecule has 0 aliphatic carbocycles. The zero-order chi connectivity index (χ0) is 14.1. The van der Waals surface area contributed by atoms with Crippen LogP contribution in [0.5, 0.6) is 5.75 Å². The third-order valence-corrected chi connectivity index (χ3v) is 3.98.